The highest BCUT2D eigenvalue weighted by Crippen LogP contribution is 2.12. The highest BCUT2D eigenvalue weighted by atomic mass is 16.4. The van der Waals surface area contributed by atoms with Gasteiger partial charge in [0, 0.05) is 0 Å². The van der Waals surface area contributed by atoms with Crippen molar-refractivity contribution in [2.24, 2.45) is 5.92 Å². The molecule has 14 heavy (non-hydrogen) atoms. The molecule has 5 N–H and O–H groups in total. The normalized spacial score (nSPS) is 20.6. The van der Waals surface area contributed by atoms with E-state index in [1.807, 2.05) is 13.8 Å². The minimum absolute atomic E-state index is 0.179. The number of aliphatic hydroxyl groups is 5. The summed E-state index contributed by atoms with van der Waals surface area (Å²) >= 11 is 0. The molecule has 0 amide bonds. The third kappa shape index (κ3) is 4.34. The fourth-order valence-corrected chi connectivity index (χ4v) is 1.19. The molecule has 0 bridgehead atoms. The van der Waals surface area contributed by atoms with Gasteiger partial charge in [-0.1, -0.05) is 13.8 Å². The Morgan fingerprint density at radius 1 is 0.857 bits per heavy atom. The molecular weight excluding hydrogens is 188 g/mol. The van der Waals surface area contributed by atoms with Crippen molar-refractivity contribution in [3.63, 3.8) is 0 Å². The average molecular weight is 208 g/mol. The Kier molecular flexibility index (Phi) is 6.22. The largest absolute Gasteiger partial charge is 0.394 e. The zero-order valence-electron chi connectivity index (χ0n) is 8.54. The molecule has 0 aliphatic heterocycles. The van der Waals surface area contributed by atoms with E-state index in [0.717, 1.165) is 0 Å². The van der Waals surface area contributed by atoms with Gasteiger partial charge in [-0.05, 0) is 12.3 Å². The molecule has 5 heteroatoms. The van der Waals surface area contributed by atoms with Crippen molar-refractivity contribution in [3.8, 4) is 0 Å². The molecule has 0 aromatic carbocycles. The molecule has 0 saturated heterocycles. The molecule has 0 saturated carbocycles. The molecule has 0 aromatic rings. The van der Waals surface area contributed by atoms with E-state index >= 15 is 0 Å². The highest BCUT2D eigenvalue weighted by molar-refractivity contribution is 4.80. The van der Waals surface area contributed by atoms with E-state index < -0.39 is 31.0 Å². The third-order valence-electron chi connectivity index (χ3n) is 2.04. The second-order valence-electron chi connectivity index (χ2n) is 3.93. The molecule has 0 aliphatic rings. The van der Waals surface area contributed by atoms with Crippen LogP contribution in [0, 0.1) is 5.92 Å². The van der Waals surface area contributed by atoms with E-state index in [1.165, 1.54) is 0 Å². The van der Waals surface area contributed by atoms with Crippen LogP contribution in [0.1, 0.15) is 20.3 Å². The predicted octanol–water partition coefficient (Wildman–Crippen LogP) is -1.53. The Hall–Kier alpha value is -0.200. The summed E-state index contributed by atoms with van der Waals surface area (Å²) in [5, 5.41) is 45.5. The van der Waals surface area contributed by atoms with Gasteiger partial charge in [0.05, 0.1) is 12.7 Å². The molecule has 0 spiro atoms. The van der Waals surface area contributed by atoms with Crippen molar-refractivity contribution in [1.29, 1.82) is 0 Å². The minimum Gasteiger partial charge on any atom is -0.394 e. The first kappa shape index (κ1) is 13.8. The summed E-state index contributed by atoms with van der Waals surface area (Å²) in [4.78, 5) is 0. The van der Waals surface area contributed by atoms with Crippen LogP contribution in [0.3, 0.4) is 0 Å². The molecule has 0 heterocycles. The van der Waals surface area contributed by atoms with Gasteiger partial charge in [-0.25, -0.2) is 0 Å². The number of hydrogen-bond acceptors (Lipinski definition) is 5. The Morgan fingerprint density at radius 3 is 1.64 bits per heavy atom. The number of hydrogen-bond donors (Lipinski definition) is 5. The quantitative estimate of drug-likeness (QED) is 0.364. The molecule has 0 radical (unpaired) electrons. The molecule has 5 nitrogen and oxygen atoms in total. The van der Waals surface area contributed by atoms with Gasteiger partial charge in [-0.3, -0.25) is 0 Å². The molecular formula is C9H20O5. The van der Waals surface area contributed by atoms with E-state index in [0.29, 0.717) is 6.42 Å². The number of aliphatic hydroxyl groups excluding tert-OH is 5. The monoisotopic (exact) mass is 208 g/mol. The lowest BCUT2D eigenvalue weighted by molar-refractivity contribution is -0.118. The van der Waals surface area contributed by atoms with E-state index in [-0.39, 0.29) is 5.92 Å². The fourth-order valence-electron chi connectivity index (χ4n) is 1.19. The van der Waals surface area contributed by atoms with Gasteiger partial charge in [-0.2, -0.15) is 0 Å². The van der Waals surface area contributed by atoms with Gasteiger partial charge in [0.1, 0.15) is 18.3 Å². The van der Waals surface area contributed by atoms with E-state index in [9.17, 15) is 15.3 Å². The average Bonchev–Trinajstić information content (AvgIpc) is 2.13. The maximum absolute atomic E-state index is 9.40. The van der Waals surface area contributed by atoms with Crippen molar-refractivity contribution in [2.75, 3.05) is 6.61 Å². The van der Waals surface area contributed by atoms with Gasteiger partial charge < -0.3 is 25.5 Å². The smallest absolute Gasteiger partial charge is 0.110 e. The third-order valence-corrected chi connectivity index (χ3v) is 2.04. The molecule has 4 unspecified atom stereocenters. The second kappa shape index (κ2) is 6.31. The van der Waals surface area contributed by atoms with Gasteiger partial charge >= 0.3 is 0 Å². The minimum atomic E-state index is -1.52. The van der Waals surface area contributed by atoms with Crippen molar-refractivity contribution in [2.45, 2.75) is 44.7 Å². The van der Waals surface area contributed by atoms with Crippen molar-refractivity contribution >= 4 is 0 Å². The summed E-state index contributed by atoms with van der Waals surface area (Å²) in [5.74, 6) is 0.179. The standard InChI is InChI=1S/C9H20O5/c1-5(2)3-6(11)8(13)9(14)7(12)4-10/h5-14H,3-4H2,1-2H3. The van der Waals surface area contributed by atoms with Crippen molar-refractivity contribution in [3.05, 3.63) is 0 Å². The molecule has 0 aromatic heterocycles. The van der Waals surface area contributed by atoms with Gasteiger partial charge in [0.15, 0.2) is 0 Å². The van der Waals surface area contributed by atoms with Crippen LogP contribution in [0.25, 0.3) is 0 Å². The molecule has 0 aliphatic carbocycles. The van der Waals surface area contributed by atoms with Crippen LogP contribution in [-0.4, -0.2) is 56.6 Å². The van der Waals surface area contributed by atoms with Crippen LogP contribution in [0.4, 0.5) is 0 Å². The zero-order valence-corrected chi connectivity index (χ0v) is 8.54. The van der Waals surface area contributed by atoms with Crippen LogP contribution in [0.2, 0.25) is 0 Å². The first-order chi connectivity index (χ1) is 6.40. The topological polar surface area (TPSA) is 101 Å². The Labute approximate surface area is 83.6 Å². The number of rotatable bonds is 6. The Balaban J connectivity index is 4.09. The van der Waals surface area contributed by atoms with Gasteiger partial charge in [0.2, 0.25) is 0 Å². The van der Waals surface area contributed by atoms with E-state index in [1.54, 1.807) is 0 Å². The van der Waals surface area contributed by atoms with Gasteiger partial charge in [0.25, 0.3) is 0 Å². The van der Waals surface area contributed by atoms with Gasteiger partial charge in [-0.15, -0.1) is 0 Å². The lowest BCUT2D eigenvalue weighted by Crippen LogP contribution is -2.46. The highest BCUT2D eigenvalue weighted by Gasteiger charge is 2.29. The van der Waals surface area contributed by atoms with Crippen LogP contribution in [0.15, 0.2) is 0 Å². The molecule has 4 atom stereocenters. The lowest BCUT2D eigenvalue weighted by Gasteiger charge is -2.26. The van der Waals surface area contributed by atoms with Crippen LogP contribution < -0.4 is 0 Å². The fraction of sp³-hybridized carbons (Fsp3) is 1.00. The summed E-state index contributed by atoms with van der Waals surface area (Å²) < 4.78 is 0. The Bertz CT molecular complexity index is 150. The van der Waals surface area contributed by atoms with E-state index in [4.69, 9.17) is 10.2 Å². The second-order valence-corrected chi connectivity index (χ2v) is 3.93. The zero-order chi connectivity index (χ0) is 11.3. The van der Waals surface area contributed by atoms with Crippen LogP contribution >= 0.6 is 0 Å². The van der Waals surface area contributed by atoms with Crippen LogP contribution in [-0.2, 0) is 0 Å². The van der Waals surface area contributed by atoms with Crippen molar-refractivity contribution in [1.82, 2.24) is 0 Å². The maximum Gasteiger partial charge on any atom is 0.110 e. The summed E-state index contributed by atoms with van der Waals surface area (Å²) in [7, 11) is 0. The summed E-state index contributed by atoms with van der Waals surface area (Å²) in [6.07, 6.45) is -5.14. The van der Waals surface area contributed by atoms with Crippen molar-refractivity contribution < 1.29 is 25.5 Å². The Morgan fingerprint density at radius 2 is 1.29 bits per heavy atom. The molecule has 0 rings (SSSR count). The summed E-state index contributed by atoms with van der Waals surface area (Å²) in [6.45, 7) is 3.09. The summed E-state index contributed by atoms with van der Waals surface area (Å²) in [5.41, 5.74) is 0. The first-order valence-electron chi connectivity index (χ1n) is 4.73. The SMILES string of the molecule is CC(C)CC(O)C(O)C(O)C(O)CO. The molecule has 86 valence electrons. The predicted molar refractivity (Wildman–Crippen MR) is 50.6 cm³/mol. The maximum atomic E-state index is 9.40. The summed E-state index contributed by atoms with van der Waals surface area (Å²) in [6, 6.07) is 0. The first-order valence-corrected chi connectivity index (χ1v) is 4.73. The lowest BCUT2D eigenvalue weighted by atomic mass is 9.96. The van der Waals surface area contributed by atoms with Crippen LogP contribution in [0.5, 0.6) is 0 Å². The van der Waals surface area contributed by atoms with E-state index in [2.05, 4.69) is 0 Å². The molecule has 0 fully saturated rings.